The molecule has 4 nitrogen and oxygen atoms in total. The summed E-state index contributed by atoms with van der Waals surface area (Å²) < 4.78 is 11.0. The minimum absolute atomic E-state index is 0.401. The van der Waals surface area contributed by atoms with Crippen molar-refractivity contribution in [2.45, 2.75) is 48.5 Å². The number of hydrogen-bond acceptors (Lipinski definition) is 4. The zero-order chi connectivity index (χ0) is 23.1. The van der Waals surface area contributed by atoms with Crippen molar-refractivity contribution in [3.63, 3.8) is 0 Å². The van der Waals surface area contributed by atoms with Crippen LogP contribution in [0.1, 0.15) is 62.4 Å². The zero-order valence-electron chi connectivity index (χ0n) is 19.3. The van der Waals surface area contributed by atoms with Gasteiger partial charge in [-0.1, -0.05) is 48.2 Å². The quantitative estimate of drug-likeness (QED) is 0.350. The summed E-state index contributed by atoms with van der Waals surface area (Å²) in [7, 11) is 0. The molecule has 0 bridgehead atoms. The van der Waals surface area contributed by atoms with Crippen LogP contribution in [-0.2, 0) is 0 Å². The first kappa shape index (κ1) is 23.9. The van der Waals surface area contributed by atoms with Crippen molar-refractivity contribution in [2.24, 2.45) is 0 Å². The summed E-state index contributed by atoms with van der Waals surface area (Å²) in [6.45, 7) is 13.6. The van der Waals surface area contributed by atoms with Gasteiger partial charge in [-0.3, -0.25) is 0 Å². The van der Waals surface area contributed by atoms with E-state index < -0.39 is 11.9 Å². The van der Waals surface area contributed by atoms with Crippen molar-refractivity contribution < 1.29 is 19.1 Å². The Bertz CT molecular complexity index is 1060. The van der Waals surface area contributed by atoms with Gasteiger partial charge in [0.25, 0.3) is 0 Å². The van der Waals surface area contributed by atoms with Gasteiger partial charge in [-0.2, -0.15) is 0 Å². The van der Waals surface area contributed by atoms with E-state index in [1.165, 1.54) is 0 Å². The van der Waals surface area contributed by atoms with Crippen LogP contribution in [0.5, 0.6) is 11.5 Å². The molecule has 0 aliphatic heterocycles. The Balaban J connectivity index is 0.00000166. The van der Waals surface area contributed by atoms with Gasteiger partial charge in [0.05, 0.1) is 11.1 Å². The molecule has 0 saturated carbocycles. The van der Waals surface area contributed by atoms with Gasteiger partial charge in [0.1, 0.15) is 11.5 Å². The molecule has 3 aromatic rings. The fourth-order valence-corrected chi connectivity index (χ4v) is 3.31. The molecule has 0 amide bonds. The van der Waals surface area contributed by atoms with E-state index in [9.17, 15) is 9.59 Å². The molecule has 0 atom stereocenters. The Kier molecular flexibility index (Phi) is 8.14. The molecule has 0 radical (unpaired) electrons. The van der Waals surface area contributed by atoms with Crippen LogP contribution in [-0.4, -0.2) is 11.9 Å². The SMILES string of the molecule is CC.Cc1cc(C)cc(C(=O)Oc2ccc(OC(=O)c3cc(C)cc(C)c3)c(C)c2)c1. The van der Waals surface area contributed by atoms with Crippen LogP contribution in [0.3, 0.4) is 0 Å². The number of hydrogen-bond donors (Lipinski definition) is 0. The highest BCUT2D eigenvalue weighted by Crippen LogP contribution is 2.25. The number of aryl methyl sites for hydroxylation is 5. The third-order valence-electron chi connectivity index (χ3n) is 4.47. The predicted octanol–water partition coefficient (Wildman–Crippen LogP) is 6.69. The predicted molar refractivity (Wildman–Crippen MR) is 124 cm³/mol. The molecule has 0 heterocycles. The molecule has 0 saturated heterocycles. The first-order valence-corrected chi connectivity index (χ1v) is 10.4. The first-order valence-electron chi connectivity index (χ1n) is 10.4. The molecule has 0 fully saturated rings. The van der Waals surface area contributed by atoms with Crippen molar-refractivity contribution in [2.75, 3.05) is 0 Å². The second-order valence-electron chi connectivity index (χ2n) is 7.46. The summed E-state index contributed by atoms with van der Waals surface area (Å²) in [5, 5.41) is 0. The van der Waals surface area contributed by atoms with E-state index in [0.29, 0.717) is 28.2 Å². The number of carbonyl (C=O) groups is 2. The van der Waals surface area contributed by atoms with E-state index in [4.69, 9.17) is 9.47 Å². The lowest BCUT2D eigenvalue weighted by Crippen LogP contribution is -2.11. The van der Waals surface area contributed by atoms with Crippen molar-refractivity contribution in [1.82, 2.24) is 0 Å². The lowest BCUT2D eigenvalue weighted by Gasteiger charge is -2.11. The summed E-state index contributed by atoms with van der Waals surface area (Å²) in [5.74, 6) is -0.00530. The van der Waals surface area contributed by atoms with Gasteiger partial charge in [-0.25, -0.2) is 9.59 Å². The number of ether oxygens (including phenoxy) is 2. The van der Waals surface area contributed by atoms with Crippen molar-refractivity contribution in [3.8, 4) is 11.5 Å². The number of esters is 2. The summed E-state index contributed by atoms with van der Waals surface area (Å²) in [6.07, 6.45) is 0. The molecule has 4 heteroatoms. The average Bonchev–Trinajstić information content (AvgIpc) is 2.70. The molecule has 31 heavy (non-hydrogen) atoms. The van der Waals surface area contributed by atoms with Crippen molar-refractivity contribution >= 4 is 11.9 Å². The van der Waals surface area contributed by atoms with Gasteiger partial charge in [0.2, 0.25) is 0 Å². The maximum absolute atomic E-state index is 12.5. The third-order valence-corrected chi connectivity index (χ3v) is 4.47. The van der Waals surface area contributed by atoms with Gasteiger partial charge in [0, 0.05) is 0 Å². The lowest BCUT2D eigenvalue weighted by atomic mass is 10.1. The Morgan fingerprint density at radius 2 is 1.00 bits per heavy atom. The van der Waals surface area contributed by atoms with Crippen LogP contribution in [0.15, 0.2) is 54.6 Å². The molecule has 3 aromatic carbocycles. The van der Waals surface area contributed by atoms with E-state index in [2.05, 4.69) is 0 Å². The highest BCUT2D eigenvalue weighted by molar-refractivity contribution is 5.92. The van der Waals surface area contributed by atoms with Gasteiger partial charge >= 0.3 is 11.9 Å². The minimum atomic E-state index is -0.420. The van der Waals surface area contributed by atoms with E-state index >= 15 is 0 Å². The first-order chi connectivity index (χ1) is 14.7. The zero-order valence-corrected chi connectivity index (χ0v) is 19.3. The standard InChI is InChI=1S/C25H24O4.C2H6/c1-15-8-16(2)11-20(10-15)24(26)28-22-6-7-23(19(5)14-22)29-25(27)21-12-17(3)9-18(4)13-21;1-2/h6-14H,1-5H3;1-2H3. The second kappa shape index (κ2) is 10.6. The molecule has 0 N–H and O–H groups in total. The molecule has 0 aromatic heterocycles. The fourth-order valence-electron chi connectivity index (χ4n) is 3.31. The lowest BCUT2D eigenvalue weighted by molar-refractivity contribution is 0.0718. The number of rotatable bonds is 4. The van der Waals surface area contributed by atoms with Crippen LogP contribution in [0, 0.1) is 34.6 Å². The summed E-state index contributed by atoms with van der Waals surface area (Å²) in [5.41, 5.74) is 5.72. The largest absolute Gasteiger partial charge is 0.423 e. The molecule has 0 unspecified atom stereocenters. The van der Waals surface area contributed by atoms with Crippen LogP contribution in [0.25, 0.3) is 0 Å². The van der Waals surface area contributed by atoms with Crippen molar-refractivity contribution in [3.05, 3.63) is 93.5 Å². The monoisotopic (exact) mass is 418 g/mol. The normalized spacial score (nSPS) is 10.0. The maximum Gasteiger partial charge on any atom is 0.343 e. The van der Waals surface area contributed by atoms with Gasteiger partial charge < -0.3 is 9.47 Å². The van der Waals surface area contributed by atoms with Crippen LogP contribution >= 0.6 is 0 Å². The third kappa shape index (κ3) is 6.54. The van der Waals surface area contributed by atoms with E-state index in [1.54, 1.807) is 49.4 Å². The number of benzene rings is 3. The summed E-state index contributed by atoms with van der Waals surface area (Å²) in [4.78, 5) is 24.9. The Labute approximate surface area is 184 Å². The van der Waals surface area contributed by atoms with Gasteiger partial charge in [-0.15, -0.1) is 0 Å². The smallest absolute Gasteiger partial charge is 0.343 e. The molecule has 162 valence electrons. The molecule has 0 aliphatic carbocycles. The molecule has 0 spiro atoms. The van der Waals surface area contributed by atoms with Gasteiger partial charge in [0.15, 0.2) is 0 Å². The average molecular weight is 419 g/mol. The van der Waals surface area contributed by atoms with Crippen LogP contribution < -0.4 is 9.47 Å². The molecule has 0 aliphatic rings. The topological polar surface area (TPSA) is 52.6 Å². The fraction of sp³-hybridized carbons (Fsp3) is 0.259. The van der Waals surface area contributed by atoms with Crippen molar-refractivity contribution in [1.29, 1.82) is 0 Å². The Morgan fingerprint density at radius 1 is 0.581 bits per heavy atom. The molecule has 3 rings (SSSR count). The number of carbonyl (C=O) groups excluding carboxylic acids is 2. The van der Waals surface area contributed by atoms with Gasteiger partial charge in [-0.05, 0) is 82.6 Å². The Hall–Kier alpha value is -3.40. The minimum Gasteiger partial charge on any atom is -0.423 e. The second-order valence-corrected chi connectivity index (χ2v) is 7.46. The molecular weight excluding hydrogens is 388 g/mol. The summed E-state index contributed by atoms with van der Waals surface area (Å²) >= 11 is 0. The Morgan fingerprint density at radius 3 is 1.42 bits per heavy atom. The highest BCUT2D eigenvalue weighted by atomic mass is 16.5. The molecular formula is C27H30O4. The van der Waals surface area contributed by atoms with Crippen LogP contribution in [0.4, 0.5) is 0 Å². The summed E-state index contributed by atoms with van der Waals surface area (Å²) in [6, 6.07) is 16.1. The highest BCUT2D eigenvalue weighted by Gasteiger charge is 2.14. The van der Waals surface area contributed by atoms with Crippen LogP contribution in [0.2, 0.25) is 0 Å². The van der Waals surface area contributed by atoms with E-state index in [-0.39, 0.29) is 0 Å². The van der Waals surface area contributed by atoms with E-state index in [0.717, 1.165) is 22.3 Å². The van der Waals surface area contributed by atoms with E-state index in [1.807, 2.05) is 53.7 Å². The maximum atomic E-state index is 12.5.